The Morgan fingerprint density at radius 3 is 2.03 bits per heavy atom. The van der Waals surface area contributed by atoms with E-state index < -0.39 is 18.7 Å². The van der Waals surface area contributed by atoms with E-state index in [4.69, 9.17) is 14.6 Å². The second-order valence-electron chi connectivity index (χ2n) is 7.04. The van der Waals surface area contributed by atoms with Crippen molar-refractivity contribution in [3.63, 3.8) is 0 Å². The number of carbonyl (C=O) groups excluding carboxylic acids is 1. The number of amides is 1. The molecule has 0 aromatic heterocycles. The van der Waals surface area contributed by atoms with Gasteiger partial charge in [0.05, 0.1) is 0 Å². The predicted octanol–water partition coefficient (Wildman–Crippen LogP) is 4.54. The standard InChI is InChI=1S/C24H21NO5/c1-25(16-10-12-17(13-11-16)29-15-23(26)27)24(28)30-14-22-20-8-4-2-6-18(20)19-7-3-5-9-21(19)22/h2-13,22H,14-15H2,1H3,(H,26,27). The molecular weight excluding hydrogens is 382 g/mol. The van der Waals surface area contributed by atoms with E-state index in [1.807, 2.05) is 24.3 Å². The van der Waals surface area contributed by atoms with Crippen molar-refractivity contribution >= 4 is 17.7 Å². The van der Waals surface area contributed by atoms with Gasteiger partial charge in [-0.05, 0) is 46.5 Å². The Kier molecular flexibility index (Phi) is 5.39. The molecule has 1 amide bonds. The second-order valence-corrected chi connectivity index (χ2v) is 7.04. The Balaban J connectivity index is 1.43. The highest BCUT2D eigenvalue weighted by Crippen LogP contribution is 2.44. The summed E-state index contributed by atoms with van der Waals surface area (Å²) in [5, 5.41) is 8.67. The van der Waals surface area contributed by atoms with Crippen LogP contribution in [0.15, 0.2) is 72.8 Å². The molecule has 0 saturated heterocycles. The number of ether oxygens (including phenoxy) is 2. The molecule has 0 atom stereocenters. The molecule has 0 saturated carbocycles. The smallest absolute Gasteiger partial charge is 0.414 e. The summed E-state index contributed by atoms with van der Waals surface area (Å²) in [4.78, 5) is 24.6. The number of hydrogen-bond acceptors (Lipinski definition) is 4. The van der Waals surface area contributed by atoms with Crippen molar-refractivity contribution in [1.29, 1.82) is 0 Å². The van der Waals surface area contributed by atoms with Crippen LogP contribution in [0.2, 0.25) is 0 Å². The summed E-state index contributed by atoms with van der Waals surface area (Å²) in [6, 6.07) is 23.0. The third kappa shape index (κ3) is 3.85. The number of anilines is 1. The highest BCUT2D eigenvalue weighted by Gasteiger charge is 2.29. The van der Waals surface area contributed by atoms with Crippen LogP contribution in [0.25, 0.3) is 11.1 Å². The number of carbonyl (C=O) groups is 2. The lowest BCUT2D eigenvalue weighted by atomic mass is 9.98. The SMILES string of the molecule is CN(C(=O)OCC1c2ccccc2-c2ccccc21)c1ccc(OCC(=O)O)cc1. The normalized spacial score (nSPS) is 12.0. The van der Waals surface area contributed by atoms with Gasteiger partial charge < -0.3 is 14.6 Å². The molecule has 6 heteroatoms. The highest BCUT2D eigenvalue weighted by molar-refractivity contribution is 5.87. The van der Waals surface area contributed by atoms with Crippen molar-refractivity contribution < 1.29 is 24.2 Å². The largest absolute Gasteiger partial charge is 0.482 e. The predicted molar refractivity (Wildman–Crippen MR) is 113 cm³/mol. The fraction of sp³-hybridized carbons (Fsp3) is 0.167. The van der Waals surface area contributed by atoms with Gasteiger partial charge in [0.2, 0.25) is 0 Å². The average molecular weight is 403 g/mol. The molecular formula is C24H21NO5. The van der Waals surface area contributed by atoms with E-state index in [1.54, 1.807) is 31.3 Å². The molecule has 1 N–H and O–H groups in total. The van der Waals surface area contributed by atoms with Crippen LogP contribution in [-0.4, -0.2) is 37.4 Å². The highest BCUT2D eigenvalue weighted by atomic mass is 16.6. The number of hydrogen-bond donors (Lipinski definition) is 1. The molecule has 0 fully saturated rings. The minimum absolute atomic E-state index is 0.00143. The number of fused-ring (bicyclic) bond motifs is 3. The number of rotatable bonds is 6. The van der Waals surface area contributed by atoms with Gasteiger partial charge in [0.25, 0.3) is 0 Å². The van der Waals surface area contributed by atoms with E-state index >= 15 is 0 Å². The first-order chi connectivity index (χ1) is 14.5. The van der Waals surface area contributed by atoms with Crippen molar-refractivity contribution in [3.8, 4) is 16.9 Å². The first-order valence-electron chi connectivity index (χ1n) is 9.58. The molecule has 3 aromatic carbocycles. The van der Waals surface area contributed by atoms with Crippen LogP contribution < -0.4 is 9.64 Å². The maximum atomic E-state index is 12.6. The summed E-state index contributed by atoms with van der Waals surface area (Å²) < 4.78 is 10.8. The van der Waals surface area contributed by atoms with E-state index in [1.165, 1.54) is 16.0 Å². The van der Waals surface area contributed by atoms with Crippen LogP contribution in [0.5, 0.6) is 5.75 Å². The zero-order chi connectivity index (χ0) is 21.1. The van der Waals surface area contributed by atoms with Crippen LogP contribution >= 0.6 is 0 Å². The molecule has 30 heavy (non-hydrogen) atoms. The molecule has 3 aromatic rings. The van der Waals surface area contributed by atoms with Gasteiger partial charge in [-0.3, -0.25) is 4.90 Å². The summed E-state index contributed by atoms with van der Waals surface area (Å²) in [6.45, 7) is -0.168. The molecule has 0 unspecified atom stereocenters. The minimum atomic E-state index is -1.05. The Bertz CT molecular complexity index is 1030. The average Bonchev–Trinajstić information content (AvgIpc) is 3.09. The van der Waals surface area contributed by atoms with Crippen molar-refractivity contribution in [3.05, 3.63) is 83.9 Å². The van der Waals surface area contributed by atoms with E-state index in [9.17, 15) is 9.59 Å². The van der Waals surface area contributed by atoms with Crippen LogP contribution in [0.1, 0.15) is 17.0 Å². The number of nitrogens with zero attached hydrogens (tertiary/aromatic N) is 1. The summed E-state index contributed by atoms with van der Waals surface area (Å²) in [7, 11) is 1.63. The molecule has 0 spiro atoms. The molecule has 1 aliphatic carbocycles. The van der Waals surface area contributed by atoms with Gasteiger partial charge in [-0.15, -0.1) is 0 Å². The molecule has 152 valence electrons. The Morgan fingerprint density at radius 2 is 1.47 bits per heavy atom. The van der Waals surface area contributed by atoms with E-state index in [0.717, 1.165) is 11.1 Å². The van der Waals surface area contributed by atoms with Gasteiger partial charge in [-0.1, -0.05) is 48.5 Å². The van der Waals surface area contributed by atoms with Gasteiger partial charge in [0.1, 0.15) is 12.4 Å². The zero-order valence-corrected chi connectivity index (χ0v) is 16.4. The molecule has 1 aliphatic rings. The van der Waals surface area contributed by atoms with Crippen LogP contribution in [0, 0.1) is 0 Å². The molecule has 4 rings (SSSR count). The van der Waals surface area contributed by atoms with E-state index in [-0.39, 0.29) is 12.5 Å². The third-order valence-corrected chi connectivity index (χ3v) is 5.20. The van der Waals surface area contributed by atoms with Crippen molar-refractivity contribution in [2.24, 2.45) is 0 Å². The first-order valence-corrected chi connectivity index (χ1v) is 9.58. The van der Waals surface area contributed by atoms with Gasteiger partial charge in [-0.2, -0.15) is 0 Å². The number of benzene rings is 3. The fourth-order valence-corrected chi connectivity index (χ4v) is 3.71. The van der Waals surface area contributed by atoms with E-state index in [2.05, 4.69) is 24.3 Å². The fourth-order valence-electron chi connectivity index (χ4n) is 3.71. The second kappa shape index (κ2) is 8.29. The lowest BCUT2D eigenvalue weighted by Gasteiger charge is -2.20. The minimum Gasteiger partial charge on any atom is -0.482 e. The number of carboxylic acid groups (broad SMARTS) is 1. The van der Waals surface area contributed by atoms with E-state index in [0.29, 0.717) is 11.4 Å². The summed E-state index contributed by atoms with van der Waals surface area (Å²) in [6.07, 6.45) is -0.462. The maximum Gasteiger partial charge on any atom is 0.414 e. The van der Waals surface area contributed by atoms with Crippen LogP contribution in [0.4, 0.5) is 10.5 Å². The Labute approximate surface area is 174 Å². The third-order valence-electron chi connectivity index (χ3n) is 5.20. The topological polar surface area (TPSA) is 76.1 Å². The monoisotopic (exact) mass is 403 g/mol. The number of carboxylic acids is 1. The summed E-state index contributed by atoms with van der Waals surface area (Å²) in [5.74, 6) is -0.626. The quantitative estimate of drug-likeness (QED) is 0.654. The first kappa shape index (κ1) is 19.5. The Hall–Kier alpha value is -3.80. The summed E-state index contributed by atoms with van der Waals surface area (Å²) in [5.41, 5.74) is 5.30. The molecule has 6 nitrogen and oxygen atoms in total. The van der Waals surface area contributed by atoms with Gasteiger partial charge >= 0.3 is 12.1 Å². The lowest BCUT2D eigenvalue weighted by Crippen LogP contribution is -2.28. The van der Waals surface area contributed by atoms with Crippen molar-refractivity contribution in [1.82, 2.24) is 0 Å². The van der Waals surface area contributed by atoms with Gasteiger partial charge in [0.15, 0.2) is 6.61 Å². The van der Waals surface area contributed by atoms with Crippen LogP contribution in [0.3, 0.4) is 0 Å². The zero-order valence-electron chi connectivity index (χ0n) is 16.4. The summed E-state index contributed by atoms with van der Waals surface area (Å²) >= 11 is 0. The van der Waals surface area contributed by atoms with Crippen molar-refractivity contribution in [2.45, 2.75) is 5.92 Å². The van der Waals surface area contributed by atoms with Gasteiger partial charge in [-0.25, -0.2) is 9.59 Å². The Morgan fingerprint density at radius 1 is 0.900 bits per heavy atom. The van der Waals surface area contributed by atoms with Crippen LogP contribution in [-0.2, 0) is 9.53 Å². The number of aliphatic carboxylic acids is 1. The molecule has 0 bridgehead atoms. The van der Waals surface area contributed by atoms with Crippen molar-refractivity contribution in [2.75, 3.05) is 25.2 Å². The lowest BCUT2D eigenvalue weighted by molar-refractivity contribution is -0.139. The van der Waals surface area contributed by atoms with Gasteiger partial charge in [0, 0.05) is 18.7 Å². The molecule has 0 radical (unpaired) electrons. The molecule has 0 aliphatic heterocycles. The molecule has 0 heterocycles. The maximum absolute atomic E-state index is 12.6.